The molecule has 2 rings (SSSR count). The highest BCUT2D eigenvalue weighted by Gasteiger charge is 2.30. The Morgan fingerprint density at radius 1 is 1.09 bits per heavy atom. The molecule has 2 aromatic carbocycles. The van der Waals surface area contributed by atoms with E-state index in [4.69, 9.17) is 4.74 Å². The molecule has 0 heterocycles. The molecule has 0 saturated carbocycles. The van der Waals surface area contributed by atoms with Crippen molar-refractivity contribution in [3.05, 3.63) is 59.2 Å². The van der Waals surface area contributed by atoms with Crippen LogP contribution in [-0.2, 0) is 26.2 Å². The minimum Gasteiger partial charge on any atom is -0.497 e. The van der Waals surface area contributed by atoms with Gasteiger partial charge in [0.15, 0.2) is 0 Å². The van der Waals surface area contributed by atoms with E-state index in [0.29, 0.717) is 11.4 Å². The fraction of sp³-hybridized carbons (Fsp3) is 0.391. The van der Waals surface area contributed by atoms with E-state index in [-0.39, 0.29) is 12.5 Å². The fourth-order valence-corrected chi connectivity index (χ4v) is 4.31. The van der Waals surface area contributed by atoms with Crippen LogP contribution in [0, 0.1) is 13.8 Å². The highest BCUT2D eigenvalue weighted by molar-refractivity contribution is 7.92. The number of aryl methyl sites for hydroxylation is 2. The first-order valence-electron chi connectivity index (χ1n) is 10.2. The molecule has 8 nitrogen and oxygen atoms in total. The molecule has 9 heteroatoms. The number of benzene rings is 2. The van der Waals surface area contributed by atoms with Crippen LogP contribution >= 0.6 is 0 Å². The number of hydrogen-bond acceptors (Lipinski definition) is 5. The van der Waals surface area contributed by atoms with Crippen molar-refractivity contribution in [2.45, 2.75) is 33.4 Å². The van der Waals surface area contributed by atoms with Gasteiger partial charge in [-0.25, -0.2) is 8.42 Å². The summed E-state index contributed by atoms with van der Waals surface area (Å²) in [6, 6.07) is 11.7. The van der Waals surface area contributed by atoms with Crippen molar-refractivity contribution in [2.75, 3.05) is 31.3 Å². The standard InChI is InChI=1S/C23H31N3O5S/c1-16-7-12-21(17(2)13-16)26(32(6,29)30)15-22(27)25(18(3)23(28)24-4)14-19-8-10-20(31-5)11-9-19/h7-13,18H,14-15H2,1-6H3,(H,24,28)/t18-/m0/s1. The Morgan fingerprint density at radius 2 is 1.72 bits per heavy atom. The van der Waals surface area contributed by atoms with Gasteiger partial charge in [0.05, 0.1) is 19.1 Å². The number of nitrogens with zero attached hydrogens (tertiary/aromatic N) is 2. The molecule has 0 radical (unpaired) electrons. The molecule has 1 N–H and O–H groups in total. The normalized spacial score (nSPS) is 12.1. The van der Waals surface area contributed by atoms with Crippen molar-refractivity contribution in [1.29, 1.82) is 0 Å². The molecule has 0 saturated heterocycles. The average molecular weight is 462 g/mol. The average Bonchev–Trinajstić information content (AvgIpc) is 2.74. The summed E-state index contributed by atoms with van der Waals surface area (Å²) < 4.78 is 31.4. The zero-order chi connectivity index (χ0) is 24.1. The van der Waals surface area contributed by atoms with E-state index in [0.717, 1.165) is 27.3 Å². The second-order valence-electron chi connectivity index (χ2n) is 7.72. The Kier molecular flexibility index (Phi) is 8.26. The number of carbonyl (C=O) groups excluding carboxylic acids is 2. The number of sulfonamides is 1. The third kappa shape index (κ3) is 6.23. The summed E-state index contributed by atoms with van der Waals surface area (Å²) in [4.78, 5) is 27.1. The minimum absolute atomic E-state index is 0.141. The maximum absolute atomic E-state index is 13.4. The van der Waals surface area contributed by atoms with Gasteiger partial charge in [0, 0.05) is 13.6 Å². The lowest BCUT2D eigenvalue weighted by Crippen LogP contribution is -2.50. The quantitative estimate of drug-likeness (QED) is 0.618. The zero-order valence-electron chi connectivity index (χ0n) is 19.4. The van der Waals surface area contributed by atoms with Crippen molar-refractivity contribution in [2.24, 2.45) is 0 Å². The number of anilines is 1. The topological polar surface area (TPSA) is 96.0 Å². The van der Waals surface area contributed by atoms with Crippen LogP contribution in [0.3, 0.4) is 0 Å². The van der Waals surface area contributed by atoms with Gasteiger partial charge < -0.3 is 15.0 Å². The van der Waals surface area contributed by atoms with Crippen molar-refractivity contribution in [3.8, 4) is 5.75 Å². The third-order valence-electron chi connectivity index (χ3n) is 5.23. The van der Waals surface area contributed by atoms with Gasteiger partial charge in [-0.05, 0) is 50.1 Å². The molecule has 32 heavy (non-hydrogen) atoms. The van der Waals surface area contributed by atoms with Gasteiger partial charge in [-0.2, -0.15) is 0 Å². The number of likely N-dealkylation sites (N-methyl/N-ethyl adjacent to an activating group) is 1. The van der Waals surface area contributed by atoms with Gasteiger partial charge in [0.1, 0.15) is 18.3 Å². The predicted molar refractivity (Wildman–Crippen MR) is 125 cm³/mol. The number of rotatable bonds is 9. The van der Waals surface area contributed by atoms with Gasteiger partial charge in [0.2, 0.25) is 21.8 Å². The molecule has 0 fully saturated rings. The van der Waals surface area contributed by atoms with Gasteiger partial charge in [-0.3, -0.25) is 13.9 Å². The summed E-state index contributed by atoms with van der Waals surface area (Å²) in [6.45, 7) is 5.05. The molecule has 1 atom stereocenters. The number of hydrogen-bond donors (Lipinski definition) is 1. The Labute approximate surface area is 190 Å². The van der Waals surface area contributed by atoms with E-state index in [1.807, 2.05) is 13.0 Å². The number of amides is 2. The first kappa shape index (κ1) is 25.2. The van der Waals surface area contributed by atoms with E-state index >= 15 is 0 Å². The highest BCUT2D eigenvalue weighted by atomic mass is 32.2. The van der Waals surface area contributed by atoms with Crippen molar-refractivity contribution in [3.63, 3.8) is 0 Å². The molecule has 0 aliphatic heterocycles. The second-order valence-corrected chi connectivity index (χ2v) is 9.63. The Hall–Kier alpha value is -3.07. The summed E-state index contributed by atoms with van der Waals surface area (Å²) >= 11 is 0. The number of carbonyl (C=O) groups is 2. The smallest absolute Gasteiger partial charge is 0.244 e. The minimum atomic E-state index is -3.75. The largest absolute Gasteiger partial charge is 0.497 e. The lowest BCUT2D eigenvalue weighted by atomic mass is 10.1. The SMILES string of the molecule is CNC(=O)[C@H](C)N(Cc1ccc(OC)cc1)C(=O)CN(c1ccc(C)cc1C)S(C)(=O)=O. The van der Waals surface area contributed by atoms with Gasteiger partial charge in [-0.1, -0.05) is 29.8 Å². The lowest BCUT2D eigenvalue weighted by molar-refractivity contribution is -0.139. The summed E-state index contributed by atoms with van der Waals surface area (Å²) in [7, 11) is -0.692. The molecule has 174 valence electrons. The number of ether oxygens (including phenoxy) is 1. The van der Waals surface area contributed by atoms with Crippen LogP contribution in [0.4, 0.5) is 5.69 Å². The first-order chi connectivity index (χ1) is 15.0. The molecule has 0 aliphatic carbocycles. The molecule has 0 spiro atoms. The Balaban J connectivity index is 2.39. The van der Waals surface area contributed by atoms with Gasteiger partial charge in [0.25, 0.3) is 0 Å². The molecular formula is C23H31N3O5S. The molecule has 0 aromatic heterocycles. The van der Waals surface area contributed by atoms with E-state index < -0.39 is 28.5 Å². The lowest BCUT2D eigenvalue weighted by Gasteiger charge is -2.31. The van der Waals surface area contributed by atoms with Crippen LogP contribution in [0.5, 0.6) is 5.75 Å². The van der Waals surface area contributed by atoms with E-state index in [9.17, 15) is 18.0 Å². The van der Waals surface area contributed by atoms with Crippen LogP contribution in [0.2, 0.25) is 0 Å². The number of methoxy groups -OCH3 is 1. The maximum atomic E-state index is 13.4. The van der Waals surface area contributed by atoms with Crippen molar-refractivity contribution >= 4 is 27.5 Å². The summed E-state index contributed by atoms with van der Waals surface area (Å²) in [5, 5.41) is 2.55. The van der Waals surface area contributed by atoms with Crippen molar-refractivity contribution < 1.29 is 22.7 Å². The molecular weight excluding hydrogens is 430 g/mol. The molecule has 2 aromatic rings. The maximum Gasteiger partial charge on any atom is 0.244 e. The fourth-order valence-electron chi connectivity index (χ4n) is 3.40. The Morgan fingerprint density at radius 3 is 2.22 bits per heavy atom. The molecule has 0 unspecified atom stereocenters. The van der Waals surface area contributed by atoms with Crippen molar-refractivity contribution in [1.82, 2.24) is 10.2 Å². The van der Waals surface area contributed by atoms with Crippen LogP contribution < -0.4 is 14.4 Å². The summed E-state index contributed by atoms with van der Waals surface area (Å²) in [6.07, 6.45) is 1.07. The number of nitrogens with one attached hydrogen (secondary N) is 1. The summed E-state index contributed by atoms with van der Waals surface area (Å²) in [5.41, 5.74) is 2.94. The van der Waals surface area contributed by atoms with E-state index in [1.54, 1.807) is 57.4 Å². The van der Waals surface area contributed by atoms with Crippen LogP contribution in [0.25, 0.3) is 0 Å². The van der Waals surface area contributed by atoms with Gasteiger partial charge >= 0.3 is 0 Å². The zero-order valence-corrected chi connectivity index (χ0v) is 20.2. The van der Waals surface area contributed by atoms with Crippen LogP contribution in [0.1, 0.15) is 23.6 Å². The Bertz CT molecular complexity index is 1070. The highest BCUT2D eigenvalue weighted by Crippen LogP contribution is 2.24. The monoisotopic (exact) mass is 461 g/mol. The van der Waals surface area contributed by atoms with Gasteiger partial charge in [-0.15, -0.1) is 0 Å². The van der Waals surface area contributed by atoms with Crippen LogP contribution in [0.15, 0.2) is 42.5 Å². The molecule has 0 aliphatic rings. The van der Waals surface area contributed by atoms with Crippen LogP contribution in [-0.4, -0.2) is 58.1 Å². The van der Waals surface area contributed by atoms with E-state index in [1.165, 1.54) is 11.9 Å². The first-order valence-corrected chi connectivity index (χ1v) is 12.0. The third-order valence-corrected chi connectivity index (χ3v) is 6.35. The summed E-state index contributed by atoms with van der Waals surface area (Å²) in [5.74, 6) is -0.157. The van der Waals surface area contributed by atoms with E-state index in [2.05, 4.69) is 5.32 Å². The molecule has 0 bridgehead atoms. The second kappa shape index (κ2) is 10.5. The predicted octanol–water partition coefficient (Wildman–Crippen LogP) is 2.24. The molecule has 2 amide bonds.